The molecule has 1 aromatic heterocycles. The number of halogens is 1. The molecule has 11 heteroatoms. The van der Waals surface area contributed by atoms with Crippen LogP contribution in [0.5, 0.6) is 0 Å². The van der Waals surface area contributed by atoms with Gasteiger partial charge in [0.1, 0.15) is 0 Å². The number of hydrogen-bond donors (Lipinski definition) is 2. The number of benzene rings is 1. The van der Waals surface area contributed by atoms with Gasteiger partial charge in [-0.15, -0.1) is 10.2 Å². The molecule has 0 radical (unpaired) electrons. The maximum absolute atomic E-state index is 12.7. The lowest BCUT2D eigenvalue weighted by atomic mass is 10.2. The van der Waals surface area contributed by atoms with E-state index in [9.17, 15) is 13.2 Å². The van der Waals surface area contributed by atoms with Crippen LogP contribution in [0, 0.1) is 6.92 Å². The Hall–Kier alpha value is -2.17. The molecule has 156 valence electrons. The van der Waals surface area contributed by atoms with E-state index in [4.69, 9.17) is 16.0 Å². The van der Waals surface area contributed by atoms with Crippen molar-refractivity contribution in [3.05, 3.63) is 40.6 Å². The molecular weight excluding hydrogens is 418 g/mol. The van der Waals surface area contributed by atoms with E-state index < -0.39 is 21.3 Å². The predicted molar refractivity (Wildman–Crippen MR) is 107 cm³/mol. The molecule has 0 saturated carbocycles. The fourth-order valence-electron chi connectivity index (χ4n) is 3.55. The number of nitrogens with zero attached hydrogens (tertiary/aromatic N) is 3. The molecule has 29 heavy (non-hydrogen) atoms. The van der Waals surface area contributed by atoms with E-state index in [1.165, 1.54) is 0 Å². The second-order valence-corrected chi connectivity index (χ2v) is 9.74. The van der Waals surface area contributed by atoms with E-state index in [1.807, 2.05) is 6.92 Å². The number of likely N-dealkylation sites (tertiary alicyclic amines) is 1. The highest BCUT2D eigenvalue weighted by Crippen LogP contribution is 2.28. The van der Waals surface area contributed by atoms with Crippen molar-refractivity contribution < 1.29 is 17.6 Å². The van der Waals surface area contributed by atoms with Crippen LogP contribution >= 0.6 is 11.6 Å². The van der Waals surface area contributed by atoms with Gasteiger partial charge >= 0.3 is 11.8 Å². The molecule has 4 rings (SSSR count). The summed E-state index contributed by atoms with van der Waals surface area (Å²) in [6.45, 7) is 3.46. The van der Waals surface area contributed by atoms with Crippen molar-refractivity contribution in [1.82, 2.24) is 20.4 Å². The smallest absolute Gasteiger partial charge is 0.311 e. The lowest BCUT2D eigenvalue weighted by Crippen LogP contribution is -2.29. The topological polar surface area (TPSA) is 117 Å². The molecule has 2 aliphatic rings. The first-order chi connectivity index (χ1) is 13.8. The van der Waals surface area contributed by atoms with Crippen molar-refractivity contribution in [2.45, 2.75) is 37.5 Å². The zero-order valence-corrected chi connectivity index (χ0v) is 17.5. The second-order valence-electron chi connectivity index (χ2n) is 7.37. The summed E-state index contributed by atoms with van der Waals surface area (Å²) >= 11 is 6.07. The summed E-state index contributed by atoms with van der Waals surface area (Å²) < 4.78 is 33.6. The van der Waals surface area contributed by atoms with Gasteiger partial charge in [-0.1, -0.05) is 17.7 Å². The van der Waals surface area contributed by atoms with Gasteiger partial charge in [0.15, 0.2) is 0 Å². The number of aryl methyl sites for hydroxylation is 1. The third-order valence-electron chi connectivity index (χ3n) is 5.28. The van der Waals surface area contributed by atoms with Crippen molar-refractivity contribution in [1.29, 1.82) is 0 Å². The number of amides is 1. The highest BCUT2D eigenvalue weighted by Gasteiger charge is 2.38. The van der Waals surface area contributed by atoms with Crippen LogP contribution in [-0.2, 0) is 10.0 Å². The zero-order valence-electron chi connectivity index (χ0n) is 15.9. The molecule has 2 atom stereocenters. The monoisotopic (exact) mass is 439 g/mol. The van der Waals surface area contributed by atoms with Crippen LogP contribution in [0.1, 0.15) is 47.4 Å². The van der Waals surface area contributed by atoms with Gasteiger partial charge in [0.25, 0.3) is 0 Å². The number of rotatable bonds is 5. The van der Waals surface area contributed by atoms with Crippen LogP contribution < -0.4 is 10.0 Å². The van der Waals surface area contributed by atoms with Gasteiger partial charge in [-0.3, -0.25) is 9.52 Å². The third-order valence-corrected chi connectivity index (χ3v) is 7.44. The van der Waals surface area contributed by atoms with E-state index in [2.05, 4.69) is 20.2 Å². The Labute approximate surface area is 173 Å². The van der Waals surface area contributed by atoms with E-state index in [0.29, 0.717) is 23.8 Å². The molecule has 2 saturated heterocycles. The highest BCUT2D eigenvalue weighted by molar-refractivity contribution is 7.93. The predicted octanol–water partition coefficient (Wildman–Crippen LogP) is 2.11. The molecule has 2 aliphatic heterocycles. The molecule has 2 unspecified atom stereocenters. The van der Waals surface area contributed by atoms with Crippen LogP contribution in [0.15, 0.2) is 22.6 Å². The third kappa shape index (κ3) is 4.24. The maximum atomic E-state index is 12.7. The van der Waals surface area contributed by atoms with Gasteiger partial charge in [0.05, 0.1) is 11.3 Å². The van der Waals surface area contributed by atoms with Crippen molar-refractivity contribution in [2.75, 3.05) is 24.4 Å². The van der Waals surface area contributed by atoms with Gasteiger partial charge < -0.3 is 14.6 Å². The first-order valence-corrected chi connectivity index (χ1v) is 11.4. The summed E-state index contributed by atoms with van der Waals surface area (Å²) in [6.07, 6.45) is 2.19. The lowest BCUT2D eigenvalue weighted by Gasteiger charge is -2.13. The molecule has 0 aliphatic carbocycles. The fraction of sp³-hybridized carbons (Fsp3) is 0.500. The standard InChI is InChI=1S/C18H22ClN5O4S/c1-11-4-5-12(8-14(11)19)23-29(26,27)13-9-15(20-10-13)16-21-22-17(28-16)18(25)24-6-2-3-7-24/h4-5,8,13,15,20,23H,2-3,6-7,9-10H2,1H3. The normalized spacial score (nSPS) is 22.2. The average molecular weight is 440 g/mol. The number of carbonyl (C=O) groups excluding carboxylic acids is 1. The molecule has 2 aromatic rings. The summed E-state index contributed by atoms with van der Waals surface area (Å²) in [5.41, 5.74) is 1.29. The molecular formula is C18H22ClN5O4S. The Kier molecular flexibility index (Phi) is 5.50. The first kappa shape index (κ1) is 20.1. The molecule has 2 N–H and O–H groups in total. The SMILES string of the molecule is Cc1ccc(NS(=O)(=O)C2CNC(c3nnc(C(=O)N4CCCC4)o3)C2)cc1Cl. The molecule has 1 aromatic carbocycles. The molecule has 3 heterocycles. The Bertz CT molecular complexity index is 1020. The van der Waals surface area contributed by atoms with Crippen molar-refractivity contribution in [2.24, 2.45) is 0 Å². The van der Waals surface area contributed by atoms with Crippen LogP contribution in [0.4, 0.5) is 5.69 Å². The van der Waals surface area contributed by atoms with E-state index in [1.54, 1.807) is 23.1 Å². The fourth-order valence-corrected chi connectivity index (χ4v) is 5.11. The van der Waals surface area contributed by atoms with Gasteiger partial charge in [-0.05, 0) is 43.9 Å². The summed E-state index contributed by atoms with van der Waals surface area (Å²) in [6, 6.07) is 4.59. The van der Waals surface area contributed by atoms with Crippen molar-refractivity contribution >= 4 is 33.2 Å². The molecule has 1 amide bonds. The Morgan fingerprint density at radius 1 is 1.31 bits per heavy atom. The van der Waals surface area contributed by atoms with Crippen LogP contribution in [0.2, 0.25) is 5.02 Å². The van der Waals surface area contributed by atoms with E-state index >= 15 is 0 Å². The average Bonchev–Trinajstić information content (AvgIpc) is 3.44. The summed E-state index contributed by atoms with van der Waals surface area (Å²) in [7, 11) is -3.64. The summed E-state index contributed by atoms with van der Waals surface area (Å²) in [5, 5.41) is 10.7. The number of hydrogen-bond acceptors (Lipinski definition) is 7. The quantitative estimate of drug-likeness (QED) is 0.732. The number of aromatic nitrogens is 2. The lowest BCUT2D eigenvalue weighted by molar-refractivity contribution is 0.0750. The Balaban J connectivity index is 1.42. The van der Waals surface area contributed by atoms with Gasteiger partial charge in [-0.2, -0.15) is 0 Å². The largest absolute Gasteiger partial charge is 0.415 e. The van der Waals surface area contributed by atoms with Crippen LogP contribution in [0.3, 0.4) is 0 Å². The number of carbonyl (C=O) groups is 1. The molecule has 9 nitrogen and oxygen atoms in total. The van der Waals surface area contributed by atoms with Crippen LogP contribution in [-0.4, -0.2) is 54.3 Å². The van der Waals surface area contributed by atoms with E-state index in [-0.39, 0.29) is 30.7 Å². The number of anilines is 1. The van der Waals surface area contributed by atoms with E-state index in [0.717, 1.165) is 18.4 Å². The van der Waals surface area contributed by atoms with Gasteiger partial charge in [0.2, 0.25) is 15.9 Å². The van der Waals surface area contributed by atoms with Gasteiger partial charge in [0, 0.05) is 30.3 Å². The van der Waals surface area contributed by atoms with Crippen molar-refractivity contribution in [3.8, 4) is 0 Å². The molecule has 0 spiro atoms. The summed E-state index contributed by atoms with van der Waals surface area (Å²) in [4.78, 5) is 14.0. The number of sulfonamides is 1. The highest BCUT2D eigenvalue weighted by atomic mass is 35.5. The Morgan fingerprint density at radius 3 is 2.79 bits per heavy atom. The minimum Gasteiger partial charge on any atom is -0.415 e. The molecule has 0 bridgehead atoms. The Morgan fingerprint density at radius 2 is 2.07 bits per heavy atom. The summed E-state index contributed by atoms with van der Waals surface area (Å²) in [5.74, 6) is -0.104. The number of nitrogens with one attached hydrogen (secondary N) is 2. The van der Waals surface area contributed by atoms with Crippen molar-refractivity contribution in [3.63, 3.8) is 0 Å². The van der Waals surface area contributed by atoms with Crippen LogP contribution in [0.25, 0.3) is 0 Å². The minimum absolute atomic E-state index is 0.0533. The second kappa shape index (κ2) is 7.92. The van der Waals surface area contributed by atoms with Gasteiger partial charge in [-0.25, -0.2) is 8.42 Å². The first-order valence-electron chi connectivity index (χ1n) is 9.47. The molecule has 2 fully saturated rings. The minimum atomic E-state index is -3.64. The zero-order chi connectivity index (χ0) is 20.6. The maximum Gasteiger partial charge on any atom is 0.311 e.